The minimum atomic E-state index is -3.62. The normalized spacial score (nSPS) is 13.2. The number of rotatable bonds is 4. The molecule has 0 saturated carbocycles. The monoisotopic (exact) mass is 296 g/mol. The van der Waals surface area contributed by atoms with E-state index < -0.39 is 15.9 Å². The van der Waals surface area contributed by atoms with E-state index in [1.54, 1.807) is 42.5 Å². The Morgan fingerprint density at radius 1 is 1.00 bits per heavy atom. The number of sulfone groups is 1. The van der Waals surface area contributed by atoms with Crippen molar-refractivity contribution in [3.63, 3.8) is 0 Å². The molecule has 0 aromatic heterocycles. The summed E-state index contributed by atoms with van der Waals surface area (Å²) < 4.78 is 24.4. The van der Waals surface area contributed by atoms with Crippen LogP contribution in [0.2, 0.25) is 5.02 Å². The van der Waals surface area contributed by atoms with Crippen LogP contribution in [0.15, 0.2) is 59.5 Å². The highest BCUT2D eigenvalue weighted by Gasteiger charge is 2.22. The minimum Gasteiger partial charge on any atom is -0.387 e. The summed E-state index contributed by atoms with van der Waals surface area (Å²) in [5, 5.41) is 10.2. The second-order valence-electron chi connectivity index (χ2n) is 4.14. The molecule has 0 heterocycles. The van der Waals surface area contributed by atoms with Gasteiger partial charge in [-0.25, -0.2) is 8.42 Å². The van der Waals surface area contributed by atoms with Gasteiger partial charge in [0.25, 0.3) is 0 Å². The van der Waals surface area contributed by atoms with E-state index in [9.17, 15) is 13.5 Å². The standard InChI is InChI=1S/C14H13ClO3S/c15-12-8-4-5-9-14(12)19(17,18)10-13(16)11-6-2-1-3-7-11/h1-9,13,16H,10H2. The Bertz CT molecular complexity index is 653. The van der Waals surface area contributed by atoms with Gasteiger partial charge in [0.05, 0.1) is 21.8 Å². The third-order valence-corrected chi connectivity index (χ3v) is 4.96. The summed E-state index contributed by atoms with van der Waals surface area (Å²) in [5.41, 5.74) is 0.568. The molecule has 0 fully saturated rings. The zero-order valence-electron chi connectivity index (χ0n) is 10.0. The van der Waals surface area contributed by atoms with Gasteiger partial charge < -0.3 is 5.11 Å². The molecule has 0 aliphatic carbocycles. The quantitative estimate of drug-likeness (QED) is 0.944. The number of aliphatic hydroxyl groups excluding tert-OH is 1. The predicted octanol–water partition coefficient (Wildman–Crippen LogP) is 2.85. The molecule has 2 aromatic carbocycles. The fourth-order valence-electron chi connectivity index (χ4n) is 1.77. The van der Waals surface area contributed by atoms with Gasteiger partial charge in [0.1, 0.15) is 0 Å². The zero-order chi connectivity index (χ0) is 13.9. The summed E-state index contributed by atoms with van der Waals surface area (Å²) in [4.78, 5) is 0.0478. The lowest BCUT2D eigenvalue weighted by atomic mass is 10.1. The smallest absolute Gasteiger partial charge is 0.182 e. The molecule has 0 spiro atoms. The van der Waals surface area contributed by atoms with Crippen molar-refractivity contribution in [2.45, 2.75) is 11.0 Å². The second kappa shape index (κ2) is 5.74. The molecular weight excluding hydrogens is 284 g/mol. The van der Waals surface area contributed by atoms with Gasteiger partial charge in [0, 0.05) is 0 Å². The number of hydrogen-bond acceptors (Lipinski definition) is 3. The summed E-state index contributed by atoms with van der Waals surface area (Å²) in [6.45, 7) is 0. The third kappa shape index (κ3) is 3.35. The van der Waals surface area contributed by atoms with Crippen molar-refractivity contribution in [3.8, 4) is 0 Å². The van der Waals surface area contributed by atoms with E-state index >= 15 is 0 Å². The summed E-state index contributed by atoms with van der Waals surface area (Å²) in [7, 11) is -3.62. The second-order valence-corrected chi connectivity index (χ2v) is 6.55. The Hall–Kier alpha value is -1.36. The first-order chi connectivity index (χ1) is 9.00. The molecule has 19 heavy (non-hydrogen) atoms. The molecule has 5 heteroatoms. The SMILES string of the molecule is O=S(=O)(CC(O)c1ccccc1)c1ccccc1Cl. The summed E-state index contributed by atoms with van der Waals surface area (Å²) in [6.07, 6.45) is -1.07. The first-order valence-electron chi connectivity index (χ1n) is 5.71. The molecule has 0 amide bonds. The summed E-state index contributed by atoms with van der Waals surface area (Å²) >= 11 is 5.88. The van der Waals surface area contributed by atoms with Crippen LogP contribution >= 0.6 is 11.6 Å². The highest BCUT2D eigenvalue weighted by atomic mass is 35.5. The van der Waals surface area contributed by atoms with Gasteiger partial charge >= 0.3 is 0 Å². The Balaban J connectivity index is 2.26. The van der Waals surface area contributed by atoms with Crippen LogP contribution in [-0.4, -0.2) is 19.3 Å². The predicted molar refractivity (Wildman–Crippen MR) is 74.9 cm³/mol. The van der Waals surface area contributed by atoms with Crippen LogP contribution in [0, 0.1) is 0 Å². The Labute approximate surface area is 117 Å². The lowest BCUT2D eigenvalue weighted by molar-refractivity contribution is 0.201. The molecule has 0 aliphatic heterocycles. The van der Waals surface area contributed by atoms with Crippen LogP contribution in [0.3, 0.4) is 0 Å². The van der Waals surface area contributed by atoms with E-state index in [1.807, 2.05) is 0 Å². The maximum atomic E-state index is 12.2. The van der Waals surface area contributed by atoms with Crippen LogP contribution in [0.4, 0.5) is 0 Å². The Morgan fingerprint density at radius 2 is 1.58 bits per heavy atom. The Kier molecular flexibility index (Phi) is 4.24. The lowest BCUT2D eigenvalue weighted by Gasteiger charge is -2.12. The third-order valence-electron chi connectivity index (χ3n) is 2.73. The van der Waals surface area contributed by atoms with Crippen LogP contribution < -0.4 is 0 Å². The van der Waals surface area contributed by atoms with E-state index in [1.165, 1.54) is 12.1 Å². The van der Waals surface area contributed by atoms with Crippen molar-refractivity contribution in [1.82, 2.24) is 0 Å². The molecule has 1 unspecified atom stereocenters. The number of benzene rings is 2. The molecule has 1 atom stereocenters. The molecule has 1 N–H and O–H groups in total. The minimum absolute atomic E-state index is 0.0478. The average molecular weight is 297 g/mol. The maximum absolute atomic E-state index is 12.2. The van der Waals surface area contributed by atoms with Gasteiger partial charge in [-0.3, -0.25) is 0 Å². The fourth-order valence-corrected chi connectivity index (χ4v) is 3.69. The van der Waals surface area contributed by atoms with E-state index in [-0.39, 0.29) is 15.7 Å². The highest BCUT2D eigenvalue weighted by Crippen LogP contribution is 2.25. The maximum Gasteiger partial charge on any atom is 0.182 e. The molecular formula is C14H13ClO3S. The molecule has 2 rings (SSSR count). The van der Waals surface area contributed by atoms with Crippen molar-refractivity contribution < 1.29 is 13.5 Å². The van der Waals surface area contributed by atoms with E-state index in [0.29, 0.717) is 5.56 Å². The van der Waals surface area contributed by atoms with Gasteiger partial charge in [-0.2, -0.15) is 0 Å². The van der Waals surface area contributed by atoms with Crippen LogP contribution in [0.1, 0.15) is 11.7 Å². The highest BCUT2D eigenvalue weighted by molar-refractivity contribution is 7.91. The van der Waals surface area contributed by atoms with Crippen molar-refractivity contribution in [1.29, 1.82) is 0 Å². The van der Waals surface area contributed by atoms with Gasteiger partial charge in [-0.1, -0.05) is 54.1 Å². The molecule has 3 nitrogen and oxygen atoms in total. The largest absolute Gasteiger partial charge is 0.387 e. The molecule has 100 valence electrons. The lowest BCUT2D eigenvalue weighted by Crippen LogP contribution is -2.15. The van der Waals surface area contributed by atoms with Gasteiger partial charge in [0.15, 0.2) is 9.84 Å². The average Bonchev–Trinajstić information content (AvgIpc) is 2.39. The number of hydrogen-bond donors (Lipinski definition) is 1. The van der Waals surface area contributed by atoms with Crippen LogP contribution in [-0.2, 0) is 9.84 Å². The zero-order valence-corrected chi connectivity index (χ0v) is 11.6. The van der Waals surface area contributed by atoms with E-state index in [2.05, 4.69) is 0 Å². The Morgan fingerprint density at radius 3 is 2.21 bits per heavy atom. The molecule has 0 radical (unpaired) electrons. The molecule has 2 aromatic rings. The van der Waals surface area contributed by atoms with E-state index in [4.69, 9.17) is 11.6 Å². The van der Waals surface area contributed by atoms with Gasteiger partial charge in [0.2, 0.25) is 0 Å². The first-order valence-corrected chi connectivity index (χ1v) is 7.74. The fraction of sp³-hybridized carbons (Fsp3) is 0.143. The molecule has 0 saturated heterocycles. The van der Waals surface area contributed by atoms with Gasteiger partial charge in [-0.15, -0.1) is 0 Å². The van der Waals surface area contributed by atoms with Crippen molar-refractivity contribution >= 4 is 21.4 Å². The topological polar surface area (TPSA) is 54.4 Å². The molecule has 0 aliphatic rings. The van der Waals surface area contributed by atoms with E-state index in [0.717, 1.165) is 0 Å². The number of halogens is 1. The van der Waals surface area contributed by atoms with Crippen molar-refractivity contribution in [2.24, 2.45) is 0 Å². The van der Waals surface area contributed by atoms with Gasteiger partial charge in [-0.05, 0) is 17.7 Å². The number of aliphatic hydroxyl groups is 1. The molecule has 0 bridgehead atoms. The van der Waals surface area contributed by atoms with Crippen LogP contribution in [0.5, 0.6) is 0 Å². The summed E-state index contributed by atoms with van der Waals surface area (Å²) in [5.74, 6) is -0.388. The summed E-state index contributed by atoms with van der Waals surface area (Å²) in [6, 6.07) is 14.9. The first kappa shape index (κ1) is 14.1. The van der Waals surface area contributed by atoms with Crippen molar-refractivity contribution in [3.05, 3.63) is 65.2 Å². The van der Waals surface area contributed by atoms with Crippen LogP contribution in [0.25, 0.3) is 0 Å². The van der Waals surface area contributed by atoms with Crippen molar-refractivity contribution in [2.75, 3.05) is 5.75 Å².